The number of aliphatic hydroxyl groups is 2. The van der Waals surface area contributed by atoms with Crippen LogP contribution in [-0.2, 0) is 0 Å². The molecule has 0 aromatic rings. The molecule has 0 spiro atoms. The van der Waals surface area contributed by atoms with E-state index in [1.165, 1.54) is 0 Å². The molecule has 2 unspecified atom stereocenters. The van der Waals surface area contributed by atoms with Crippen molar-refractivity contribution in [3.63, 3.8) is 0 Å². The first-order valence-corrected chi connectivity index (χ1v) is 4.65. The summed E-state index contributed by atoms with van der Waals surface area (Å²) in [6.07, 6.45) is 1.43. The molecule has 0 fully saturated rings. The number of hydrogen-bond donors (Lipinski definition) is 2. The van der Waals surface area contributed by atoms with E-state index in [0.29, 0.717) is 5.54 Å². The van der Waals surface area contributed by atoms with Crippen molar-refractivity contribution in [3.05, 3.63) is 0 Å². The van der Waals surface area contributed by atoms with Gasteiger partial charge < -0.3 is 10.2 Å². The van der Waals surface area contributed by atoms with Crippen LogP contribution in [0.5, 0.6) is 0 Å². The zero-order valence-electron chi connectivity index (χ0n) is 6.17. The summed E-state index contributed by atoms with van der Waals surface area (Å²) in [5, 5.41) is 17.4. The molecule has 2 atom stereocenters. The molecule has 0 rings (SSSR count). The molecule has 0 amide bonds. The first kappa shape index (κ1) is 9.14. The second kappa shape index (κ2) is 4.96. The Bertz CT molecular complexity index is 60.1. The second-order valence-corrected chi connectivity index (χ2v) is 4.22. The third-order valence-electron chi connectivity index (χ3n) is 1.58. The predicted octanol–water partition coefficient (Wildman–Crippen LogP) is -0.706. The lowest BCUT2D eigenvalue weighted by Crippen LogP contribution is -2.14. The van der Waals surface area contributed by atoms with Crippen molar-refractivity contribution in [1.29, 1.82) is 0 Å². The van der Waals surface area contributed by atoms with Crippen LogP contribution >= 0.6 is 0 Å². The van der Waals surface area contributed by atoms with Gasteiger partial charge in [-0.3, -0.25) is 0 Å². The molecule has 0 aromatic heterocycles. The van der Waals surface area contributed by atoms with Gasteiger partial charge in [-0.15, -0.1) is 0 Å². The third-order valence-corrected chi connectivity index (χ3v) is 2.87. The van der Waals surface area contributed by atoms with Crippen molar-refractivity contribution in [2.75, 3.05) is 6.61 Å². The molecule has 0 bridgehead atoms. The SMILES string of the molecule is CCC([SiH3])CC(O)CO. The van der Waals surface area contributed by atoms with Gasteiger partial charge in [0.2, 0.25) is 0 Å². The molecule has 0 aliphatic heterocycles. The fourth-order valence-corrected chi connectivity index (χ4v) is 1.25. The first-order chi connectivity index (χ1) is 4.20. The smallest absolute Gasteiger partial charge is 0.0770 e. The van der Waals surface area contributed by atoms with Crippen LogP contribution in [0.15, 0.2) is 0 Å². The van der Waals surface area contributed by atoms with Crippen LogP contribution in [0.4, 0.5) is 0 Å². The minimum absolute atomic E-state index is 0.0846. The van der Waals surface area contributed by atoms with Crippen LogP contribution in [0.25, 0.3) is 0 Å². The summed E-state index contributed by atoms with van der Waals surface area (Å²) in [4.78, 5) is 0. The van der Waals surface area contributed by atoms with E-state index in [0.717, 1.165) is 23.1 Å². The van der Waals surface area contributed by atoms with Gasteiger partial charge in [0, 0.05) is 10.2 Å². The van der Waals surface area contributed by atoms with Crippen LogP contribution in [0, 0.1) is 0 Å². The highest BCUT2D eigenvalue weighted by Gasteiger charge is 2.06. The van der Waals surface area contributed by atoms with Crippen molar-refractivity contribution < 1.29 is 10.2 Å². The molecule has 0 radical (unpaired) electrons. The molecular formula is C6H16O2Si. The summed E-state index contributed by atoms with van der Waals surface area (Å²) in [6.45, 7) is 2.03. The summed E-state index contributed by atoms with van der Waals surface area (Å²) in [5.74, 6) is 0. The van der Waals surface area contributed by atoms with Crippen molar-refractivity contribution in [1.82, 2.24) is 0 Å². The van der Waals surface area contributed by atoms with Crippen molar-refractivity contribution >= 4 is 10.2 Å². The molecule has 0 heterocycles. The lowest BCUT2D eigenvalue weighted by atomic mass is 10.2. The highest BCUT2D eigenvalue weighted by Crippen LogP contribution is 2.11. The normalized spacial score (nSPS) is 17.7. The lowest BCUT2D eigenvalue weighted by Gasteiger charge is -2.11. The Morgan fingerprint density at radius 1 is 1.56 bits per heavy atom. The maximum absolute atomic E-state index is 8.93. The molecule has 0 aromatic carbocycles. The van der Waals surface area contributed by atoms with Gasteiger partial charge in [0.1, 0.15) is 0 Å². The number of rotatable bonds is 4. The van der Waals surface area contributed by atoms with E-state index >= 15 is 0 Å². The summed E-state index contributed by atoms with van der Waals surface area (Å²) in [7, 11) is 1.12. The van der Waals surface area contributed by atoms with Gasteiger partial charge in [-0.1, -0.05) is 18.9 Å². The molecule has 3 heteroatoms. The summed E-state index contributed by atoms with van der Waals surface area (Å²) in [6, 6.07) is 0. The molecule has 9 heavy (non-hydrogen) atoms. The Balaban J connectivity index is 3.22. The van der Waals surface area contributed by atoms with E-state index in [-0.39, 0.29) is 6.61 Å². The van der Waals surface area contributed by atoms with Crippen molar-refractivity contribution in [2.45, 2.75) is 31.4 Å². The van der Waals surface area contributed by atoms with E-state index in [2.05, 4.69) is 6.92 Å². The molecule has 2 N–H and O–H groups in total. The van der Waals surface area contributed by atoms with Crippen LogP contribution in [0.2, 0.25) is 5.54 Å². The first-order valence-electron chi connectivity index (χ1n) is 3.49. The zero-order valence-corrected chi connectivity index (χ0v) is 8.17. The van der Waals surface area contributed by atoms with E-state index in [9.17, 15) is 0 Å². The quantitative estimate of drug-likeness (QED) is 0.517. The molecule has 0 saturated heterocycles. The topological polar surface area (TPSA) is 40.5 Å². The van der Waals surface area contributed by atoms with Crippen LogP contribution < -0.4 is 0 Å². The fourth-order valence-electron chi connectivity index (χ4n) is 0.706. The van der Waals surface area contributed by atoms with Gasteiger partial charge in [-0.2, -0.15) is 0 Å². The van der Waals surface area contributed by atoms with Crippen molar-refractivity contribution in [3.8, 4) is 0 Å². The largest absolute Gasteiger partial charge is 0.394 e. The Morgan fingerprint density at radius 3 is 2.44 bits per heavy atom. The Kier molecular flexibility index (Phi) is 5.04. The summed E-state index contributed by atoms with van der Waals surface area (Å²) >= 11 is 0. The molecule has 0 saturated carbocycles. The average Bonchev–Trinajstić information content (AvgIpc) is 1.87. The minimum atomic E-state index is -0.479. The number of hydrogen-bond acceptors (Lipinski definition) is 2. The molecule has 0 aliphatic carbocycles. The van der Waals surface area contributed by atoms with Gasteiger partial charge in [0.15, 0.2) is 0 Å². The van der Waals surface area contributed by atoms with E-state index in [1.807, 2.05) is 0 Å². The molecular weight excluding hydrogens is 132 g/mol. The zero-order chi connectivity index (χ0) is 7.28. The van der Waals surface area contributed by atoms with Gasteiger partial charge >= 0.3 is 0 Å². The Hall–Kier alpha value is 0.137. The standard InChI is InChI=1S/C6H16O2Si/c1-2-6(9)3-5(8)4-7/h5-8H,2-4H2,1,9H3. The molecule has 0 aliphatic rings. The average molecular weight is 148 g/mol. The van der Waals surface area contributed by atoms with E-state index in [4.69, 9.17) is 10.2 Å². The van der Waals surface area contributed by atoms with Crippen molar-refractivity contribution in [2.24, 2.45) is 0 Å². The minimum Gasteiger partial charge on any atom is -0.394 e. The second-order valence-electron chi connectivity index (χ2n) is 2.59. The molecule has 56 valence electrons. The van der Waals surface area contributed by atoms with E-state index < -0.39 is 6.10 Å². The van der Waals surface area contributed by atoms with Gasteiger partial charge in [0.25, 0.3) is 0 Å². The third kappa shape index (κ3) is 4.63. The summed E-state index contributed by atoms with van der Waals surface area (Å²) in [5.41, 5.74) is 0.659. The van der Waals surface area contributed by atoms with Crippen LogP contribution in [0.1, 0.15) is 19.8 Å². The molecule has 2 nitrogen and oxygen atoms in total. The van der Waals surface area contributed by atoms with Crippen LogP contribution in [-0.4, -0.2) is 33.2 Å². The monoisotopic (exact) mass is 148 g/mol. The highest BCUT2D eigenvalue weighted by molar-refractivity contribution is 6.11. The Morgan fingerprint density at radius 2 is 2.11 bits per heavy atom. The van der Waals surface area contributed by atoms with Gasteiger partial charge in [-0.25, -0.2) is 0 Å². The summed E-state index contributed by atoms with van der Waals surface area (Å²) < 4.78 is 0. The van der Waals surface area contributed by atoms with Gasteiger partial charge in [0.05, 0.1) is 12.7 Å². The maximum atomic E-state index is 8.93. The van der Waals surface area contributed by atoms with Crippen LogP contribution in [0.3, 0.4) is 0 Å². The number of aliphatic hydroxyl groups excluding tert-OH is 2. The van der Waals surface area contributed by atoms with E-state index in [1.54, 1.807) is 0 Å². The maximum Gasteiger partial charge on any atom is 0.0770 e. The highest BCUT2D eigenvalue weighted by atomic mass is 28.1. The fraction of sp³-hybridized carbons (Fsp3) is 1.00. The van der Waals surface area contributed by atoms with Gasteiger partial charge in [-0.05, 0) is 6.42 Å². The predicted molar refractivity (Wildman–Crippen MR) is 41.7 cm³/mol. The Labute approximate surface area is 59.3 Å². The lowest BCUT2D eigenvalue weighted by molar-refractivity contribution is 0.0867.